The molecule has 1 aliphatic heterocycles. The molecule has 2 aliphatic rings. The third-order valence-corrected chi connectivity index (χ3v) is 7.98. The minimum atomic E-state index is 0.0106. The molecule has 0 saturated carbocycles. The Morgan fingerprint density at radius 2 is 2.10 bits per heavy atom. The molecule has 0 radical (unpaired) electrons. The maximum absolute atomic E-state index is 13.3. The van der Waals surface area contributed by atoms with Crippen LogP contribution in [0, 0.1) is 5.92 Å². The van der Waals surface area contributed by atoms with Crippen molar-refractivity contribution in [2.45, 2.75) is 37.9 Å². The second-order valence-corrected chi connectivity index (χ2v) is 10.1. The van der Waals surface area contributed by atoms with E-state index in [0.717, 1.165) is 55.7 Å². The molecule has 0 bridgehead atoms. The van der Waals surface area contributed by atoms with Gasteiger partial charge in [-0.1, -0.05) is 24.8 Å². The van der Waals surface area contributed by atoms with Gasteiger partial charge >= 0.3 is 0 Å². The van der Waals surface area contributed by atoms with E-state index >= 15 is 0 Å². The summed E-state index contributed by atoms with van der Waals surface area (Å²) in [5.41, 5.74) is 1.21. The number of thioether (sulfide) groups is 1. The Morgan fingerprint density at radius 3 is 2.83 bits per heavy atom. The van der Waals surface area contributed by atoms with Crippen LogP contribution in [0.3, 0.4) is 0 Å². The van der Waals surface area contributed by atoms with E-state index in [1.54, 1.807) is 22.0 Å². The van der Waals surface area contributed by atoms with Gasteiger partial charge in [0.25, 0.3) is 5.56 Å². The number of likely N-dealkylation sites (N-methyl/N-ethyl adjacent to an activating group) is 1. The van der Waals surface area contributed by atoms with Crippen molar-refractivity contribution >= 4 is 39.2 Å². The molecule has 2 aromatic heterocycles. The molecular formula is C21H28N4O2S2. The molecule has 1 aliphatic carbocycles. The van der Waals surface area contributed by atoms with Gasteiger partial charge in [0.1, 0.15) is 4.83 Å². The number of nitrogens with zero attached hydrogens (tertiary/aromatic N) is 4. The van der Waals surface area contributed by atoms with Crippen LogP contribution in [0.15, 0.2) is 22.6 Å². The van der Waals surface area contributed by atoms with E-state index in [-0.39, 0.29) is 11.5 Å². The normalized spacial score (nSPS) is 20.1. The van der Waals surface area contributed by atoms with Gasteiger partial charge in [0, 0.05) is 37.6 Å². The highest BCUT2D eigenvalue weighted by Crippen LogP contribution is 2.36. The van der Waals surface area contributed by atoms with E-state index in [4.69, 9.17) is 4.98 Å². The van der Waals surface area contributed by atoms with Crippen molar-refractivity contribution in [3.63, 3.8) is 0 Å². The molecule has 0 unspecified atom stereocenters. The monoisotopic (exact) mass is 432 g/mol. The van der Waals surface area contributed by atoms with Gasteiger partial charge in [0.05, 0.1) is 11.1 Å². The van der Waals surface area contributed by atoms with Crippen LogP contribution in [-0.2, 0) is 24.2 Å². The molecule has 0 aromatic carbocycles. The summed E-state index contributed by atoms with van der Waals surface area (Å²) in [6.07, 6.45) is 4.83. The molecule has 1 atom stereocenters. The quantitative estimate of drug-likeness (QED) is 0.413. The van der Waals surface area contributed by atoms with Crippen molar-refractivity contribution < 1.29 is 4.79 Å². The van der Waals surface area contributed by atoms with Crippen molar-refractivity contribution in [1.29, 1.82) is 0 Å². The van der Waals surface area contributed by atoms with Gasteiger partial charge in [0.15, 0.2) is 5.16 Å². The molecule has 0 N–H and O–H groups in total. The number of hydrogen-bond donors (Lipinski definition) is 0. The lowest BCUT2D eigenvalue weighted by molar-refractivity contribution is -0.129. The van der Waals surface area contributed by atoms with Crippen LogP contribution in [0.5, 0.6) is 0 Å². The Morgan fingerprint density at radius 1 is 1.34 bits per heavy atom. The van der Waals surface area contributed by atoms with Crippen LogP contribution in [0.4, 0.5) is 0 Å². The molecule has 29 heavy (non-hydrogen) atoms. The predicted molar refractivity (Wildman–Crippen MR) is 120 cm³/mol. The smallest absolute Gasteiger partial charge is 0.263 e. The average molecular weight is 433 g/mol. The zero-order valence-electron chi connectivity index (χ0n) is 17.1. The van der Waals surface area contributed by atoms with E-state index in [0.29, 0.717) is 23.4 Å². The molecule has 3 heterocycles. The first-order valence-corrected chi connectivity index (χ1v) is 12.0. The highest BCUT2D eigenvalue weighted by Gasteiger charge is 2.25. The fourth-order valence-electron chi connectivity index (χ4n) is 4.08. The minimum Gasteiger partial charge on any atom is -0.339 e. The van der Waals surface area contributed by atoms with Crippen molar-refractivity contribution in [2.24, 2.45) is 5.92 Å². The number of carbonyl (C=O) groups is 1. The zero-order chi connectivity index (χ0) is 20.5. The molecule has 4 rings (SSSR count). The summed E-state index contributed by atoms with van der Waals surface area (Å²) >= 11 is 3.03. The topological polar surface area (TPSA) is 58.4 Å². The maximum atomic E-state index is 13.3. The second-order valence-electron chi connectivity index (χ2n) is 8.10. The van der Waals surface area contributed by atoms with Gasteiger partial charge in [0.2, 0.25) is 5.91 Å². The predicted octanol–water partition coefficient (Wildman–Crippen LogP) is 2.63. The fourth-order valence-corrected chi connectivity index (χ4v) is 6.41. The second kappa shape index (κ2) is 8.62. The summed E-state index contributed by atoms with van der Waals surface area (Å²) in [4.78, 5) is 37.1. The molecule has 1 fully saturated rings. The van der Waals surface area contributed by atoms with Crippen molar-refractivity contribution in [3.05, 3.63) is 33.4 Å². The summed E-state index contributed by atoms with van der Waals surface area (Å²) in [6.45, 7) is 9.81. The van der Waals surface area contributed by atoms with E-state index in [9.17, 15) is 9.59 Å². The minimum absolute atomic E-state index is 0.0106. The van der Waals surface area contributed by atoms with Crippen molar-refractivity contribution in [1.82, 2.24) is 19.4 Å². The van der Waals surface area contributed by atoms with Gasteiger partial charge in [-0.25, -0.2) is 4.98 Å². The van der Waals surface area contributed by atoms with E-state index in [1.165, 1.54) is 22.2 Å². The third-order valence-electron chi connectivity index (χ3n) is 5.87. The molecule has 0 spiro atoms. The molecular weight excluding hydrogens is 404 g/mol. The summed E-state index contributed by atoms with van der Waals surface area (Å²) in [5.74, 6) is 1.07. The van der Waals surface area contributed by atoms with Gasteiger partial charge in [-0.15, -0.1) is 17.9 Å². The summed E-state index contributed by atoms with van der Waals surface area (Å²) in [5, 5.41) is 1.41. The lowest BCUT2D eigenvalue weighted by atomic mass is 9.89. The van der Waals surface area contributed by atoms with Crippen LogP contribution in [0.25, 0.3) is 10.2 Å². The zero-order valence-corrected chi connectivity index (χ0v) is 18.8. The van der Waals surface area contributed by atoms with Crippen LogP contribution >= 0.6 is 23.1 Å². The fraction of sp³-hybridized carbons (Fsp3) is 0.571. The van der Waals surface area contributed by atoms with Crippen molar-refractivity contribution in [2.75, 3.05) is 39.0 Å². The van der Waals surface area contributed by atoms with Crippen LogP contribution in [0.1, 0.15) is 23.8 Å². The number of hydrogen-bond acceptors (Lipinski definition) is 6. The average Bonchev–Trinajstić information content (AvgIpc) is 3.06. The Bertz CT molecular complexity index is 989. The Balaban J connectivity index is 1.61. The maximum Gasteiger partial charge on any atom is 0.263 e. The molecule has 8 heteroatoms. The number of aryl methyl sites for hydroxylation is 1. The number of carbonyl (C=O) groups excluding carboxylic acids is 1. The van der Waals surface area contributed by atoms with Crippen LogP contribution in [-0.4, -0.2) is 64.2 Å². The largest absolute Gasteiger partial charge is 0.339 e. The molecule has 1 saturated heterocycles. The van der Waals surface area contributed by atoms with Gasteiger partial charge in [-0.2, -0.15) is 0 Å². The number of thiophene rings is 1. The van der Waals surface area contributed by atoms with Gasteiger partial charge < -0.3 is 9.80 Å². The van der Waals surface area contributed by atoms with Gasteiger partial charge in [-0.05, 0) is 37.8 Å². The Labute approximate surface area is 179 Å². The number of piperazine rings is 1. The highest BCUT2D eigenvalue weighted by molar-refractivity contribution is 7.99. The summed E-state index contributed by atoms with van der Waals surface area (Å²) in [7, 11) is 2.07. The van der Waals surface area contributed by atoms with E-state index < -0.39 is 0 Å². The highest BCUT2D eigenvalue weighted by atomic mass is 32.2. The number of allylic oxidation sites excluding steroid dienone is 1. The SMILES string of the molecule is C=CCn1c(SCC(=O)N2CCN(C)CC2)nc2sc3c(c2c1=O)CC[C@@H](C)C3. The van der Waals surface area contributed by atoms with Crippen LogP contribution in [0.2, 0.25) is 0 Å². The first-order chi connectivity index (χ1) is 14.0. The summed E-state index contributed by atoms with van der Waals surface area (Å²) < 4.78 is 1.68. The number of amides is 1. The number of aromatic nitrogens is 2. The number of rotatable bonds is 5. The van der Waals surface area contributed by atoms with Crippen molar-refractivity contribution in [3.8, 4) is 0 Å². The first kappa shape index (κ1) is 20.6. The molecule has 2 aromatic rings. The Kier molecular flexibility index (Phi) is 6.13. The Hall–Kier alpha value is -1.64. The summed E-state index contributed by atoms with van der Waals surface area (Å²) in [6, 6.07) is 0. The van der Waals surface area contributed by atoms with E-state index in [2.05, 4.69) is 25.5 Å². The lowest BCUT2D eigenvalue weighted by Crippen LogP contribution is -2.47. The molecule has 1 amide bonds. The van der Waals surface area contributed by atoms with E-state index in [1.807, 2.05) is 4.90 Å². The van der Waals surface area contributed by atoms with Crippen LogP contribution < -0.4 is 5.56 Å². The van der Waals surface area contributed by atoms with Gasteiger partial charge in [-0.3, -0.25) is 14.2 Å². The standard InChI is InChI=1S/C21H28N4O2S2/c1-4-7-25-20(27)18-15-6-5-14(2)12-16(15)29-19(18)22-21(25)28-13-17(26)24-10-8-23(3)9-11-24/h4,14H,1,5-13H2,2-3H3/t14-/m1/s1. The first-order valence-electron chi connectivity index (χ1n) is 10.2. The third kappa shape index (κ3) is 4.15. The molecule has 156 valence electrons. The number of fused-ring (bicyclic) bond motifs is 3. The lowest BCUT2D eigenvalue weighted by Gasteiger charge is -2.32. The molecule has 6 nitrogen and oxygen atoms in total.